The Balaban J connectivity index is 1.23. The molecule has 1 saturated heterocycles. The molecule has 1 aliphatic heterocycles. The largest absolute Gasteiger partial charge is 0.453 e. The number of halogens is 3. The van der Waals surface area contributed by atoms with Gasteiger partial charge in [0.2, 0.25) is 0 Å². The first-order valence-electron chi connectivity index (χ1n) is 10.2. The lowest BCUT2D eigenvalue weighted by molar-refractivity contribution is -0.146. The second kappa shape index (κ2) is 8.19. The molecule has 7 nitrogen and oxygen atoms in total. The van der Waals surface area contributed by atoms with Gasteiger partial charge < -0.3 is 4.90 Å². The van der Waals surface area contributed by atoms with Crippen LogP contribution in [0, 0.1) is 0 Å². The summed E-state index contributed by atoms with van der Waals surface area (Å²) in [6.07, 6.45) is -2.82. The van der Waals surface area contributed by atoms with E-state index in [4.69, 9.17) is 0 Å². The summed E-state index contributed by atoms with van der Waals surface area (Å²) < 4.78 is 40.1. The molecule has 5 rings (SSSR count). The molecule has 0 N–H and O–H groups in total. The van der Waals surface area contributed by atoms with Crippen molar-refractivity contribution in [2.45, 2.75) is 12.7 Å². The predicted molar refractivity (Wildman–Crippen MR) is 113 cm³/mol. The maximum Gasteiger partial charge on any atom is 0.453 e. The molecule has 4 aromatic rings. The molecule has 0 atom stereocenters. The number of aromatic nitrogens is 5. The number of alkyl halides is 3. The second-order valence-corrected chi connectivity index (χ2v) is 7.66. The van der Waals surface area contributed by atoms with E-state index in [9.17, 15) is 13.2 Å². The number of hydrogen-bond donors (Lipinski definition) is 0. The zero-order chi connectivity index (χ0) is 22.1. The van der Waals surface area contributed by atoms with E-state index in [0.29, 0.717) is 18.9 Å². The molecule has 0 amide bonds. The summed E-state index contributed by atoms with van der Waals surface area (Å²) >= 11 is 0. The van der Waals surface area contributed by atoms with Crippen LogP contribution in [-0.4, -0.2) is 55.9 Å². The monoisotopic (exact) mass is 439 g/mol. The minimum absolute atomic E-state index is 0.0776. The molecule has 0 unspecified atom stereocenters. The molecular weight excluding hydrogens is 419 g/mol. The quantitative estimate of drug-likeness (QED) is 0.485. The van der Waals surface area contributed by atoms with E-state index in [1.807, 2.05) is 23.1 Å². The summed E-state index contributed by atoms with van der Waals surface area (Å²) in [5, 5.41) is 10.9. The van der Waals surface area contributed by atoms with E-state index in [2.05, 4.69) is 49.4 Å². The van der Waals surface area contributed by atoms with Crippen LogP contribution in [0.5, 0.6) is 0 Å². The summed E-state index contributed by atoms with van der Waals surface area (Å²) in [6.45, 7) is 3.74. The van der Waals surface area contributed by atoms with Gasteiger partial charge in [-0.15, -0.1) is 15.3 Å². The Morgan fingerprint density at radius 3 is 2.31 bits per heavy atom. The Bertz CT molecular complexity index is 1200. The van der Waals surface area contributed by atoms with Gasteiger partial charge in [-0.05, 0) is 29.8 Å². The Hall–Kier alpha value is -3.53. The fourth-order valence-electron chi connectivity index (χ4n) is 3.83. The molecule has 4 heterocycles. The summed E-state index contributed by atoms with van der Waals surface area (Å²) in [6, 6.07) is 17.4. The molecule has 0 spiro atoms. The van der Waals surface area contributed by atoms with Gasteiger partial charge in [0.15, 0.2) is 5.65 Å². The van der Waals surface area contributed by atoms with Crippen LogP contribution in [0.1, 0.15) is 11.4 Å². The number of fused-ring (bicyclic) bond motifs is 1. The molecule has 0 saturated carbocycles. The van der Waals surface area contributed by atoms with E-state index in [0.717, 1.165) is 35.4 Å². The Labute approximate surface area is 182 Å². The summed E-state index contributed by atoms with van der Waals surface area (Å²) in [5.41, 5.74) is 3.30. The molecule has 164 valence electrons. The van der Waals surface area contributed by atoms with E-state index in [-0.39, 0.29) is 5.65 Å². The average Bonchev–Trinajstić information content (AvgIpc) is 3.25. The highest BCUT2D eigenvalue weighted by Crippen LogP contribution is 2.28. The Morgan fingerprint density at radius 2 is 1.62 bits per heavy atom. The third-order valence-corrected chi connectivity index (χ3v) is 5.52. The topological polar surface area (TPSA) is 62.5 Å². The molecule has 1 aliphatic rings. The van der Waals surface area contributed by atoms with Gasteiger partial charge in [0.1, 0.15) is 5.82 Å². The lowest BCUT2D eigenvalue weighted by atomic mass is 10.1. The maximum absolute atomic E-state index is 13.1. The number of benzene rings is 1. The molecule has 32 heavy (non-hydrogen) atoms. The van der Waals surface area contributed by atoms with Gasteiger partial charge in [-0.1, -0.05) is 30.3 Å². The lowest BCUT2D eigenvalue weighted by Crippen LogP contribution is -2.46. The highest BCUT2D eigenvalue weighted by molar-refractivity contribution is 5.59. The van der Waals surface area contributed by atoms with Crippen LogP contribution in [0.25, 0.3) is 16.9 Å². The van der Waals surface area contributed by atoms with Gasteiger partial charge in [0.25, 0.3) is 5.82 Å². The van der Waals surface area contributed by atoms with Crippen molar-refractivity contribution in [3.8, 4) is 11.3 Å². The summed E-state index contributed by atoms with van der Waals surface area (Å²) in [4.78, 5) is 8.68. The SMILES string of the molecule is FC(F)(F)c1nnc2ccc(N3CCN(Cc4ccc(-c5ccccn5)cc4)CC3)nn12. The van der Waals surface area contributed by atoms with Crippen LogP contribution < -0.4 is 4.90 Å². The van der Waals surface area contributed by atoms with Gasteiger partial charge in [0.05, 0.1) is 5.69 Å². The third kappa shape index (κ3) is 4.13. The molecule has 1 fully saturated rings. The van der Waals surface area contributed by atoms with E-state index >= 15 is 0 Å². The summed E-state index contributed by atoms with van der Waals surface area (Å²) in [7, 11) is 0. The van der Waals surface area contributed by atoms with Crippen molar-refractivity contribution < 1.29 is 13.2 Å². The fraction of sp³-hybridized carbons (Fsp3) is 0.273. The van der Waals surface area contributed by atoms with Crippen molar-refractivity contribution in [3.63, 3.8) is 0 Å². The fourth-order valence-corrected chi connectivity index (χ4v) is 3.83. The molecule has 3 aromatic heterocycles. The minimum Gasteiger partial charge on any atom is -0.353 e. The minimum atomic E-state index is -4.60. The van der Waals surface area contributed by atoms with Gasteiger partial charge in [-0.25, -0.2) is 0 Å². The first-order chi connectivity index (χ1) is 15.5. The first-order valence-corrected chi connectivity index (χ1v) is 10.2. The van der Waals surface area contributed by atoms with Crippen LogP contribution in [0.15, 0.2) is 60.8 Å². The number of piperazine rings is 1. The average molecular weight is 439 g/mol. The van der Waals surface area contributed by atoms with Crippen LogP contribution >= 0.6 is 0 Å². The summed E-state index contributed by atoms with van der Waals surface area (Å²) in [5.74, 6) is -0.621. The highest BCUT2D eigenvalue weighted by atomic mass is 19.4. The van der Waals surface area contributed by atoms with E-state index < -0.39 is 12.0 Å². The number of rotatable bonds is 4. The standard InChI is InChI=1S/C22H20F3N7/c23-22(24,25)21-28-27-19-8-9-20(29-32(19)21)31-13-11-30(12-14-31)15-16-4-6-17(7-5-16)18-3-1-2-10-26-18/h1-10H,11-15H2. The highest BCUT2D eigenvalue weighted by Gasteiger charge is 2.37. The lowest BCUT2D eigenvalue weighted by Gasteiger charge is -2.35. The molecule has 0 radical (unpaired) electrons. The van der Waals surface area contributed by atoms with E-state index in [1.165, 1.54) is 11.6 Å². The van der Waals surface area contributed by atoms with Gasteiger partial charge in [-0.2, -0.15) is 17.7 Å². The molecule has 1 aromatic carbocycles. The molecule has 0 bridgehead atoms. The first kappa shape index (κ1) is 20.4. The predicted octanol–water partition coefficient (Wildman–Crippen LogP) is 3.53. The van der Waals surface area contributed by atoms with Crippen molar-refractivity contribution >= 4 is 11.5 Å². The number of nitrogens with zero attached hydrogens (tertiary/aromatic N) is 7. The van der Waals surface area contributed by atoms with Crippen LogP contribution in [0.4, 0.5) is 19.0 Å². The van der Waals surface area contributed by atoms with Crippen LogP contribution in [-0.2, 0) is 12.7 Å². The van der Waals surface area contributed by atoms with Crippen molar-refractivity contribution in [3.05, 3.63) is 72.2 Å². The molecular formula is C22H20F3N7. The zero-order valence-electron chi connectivity index (χ0n) is 17.1. The van der Waals surface area contributed by atoms with Crippen LogP contribution in [0.2, 0.25) is 0 Å². The van der Waals surface area contributed by atoms with Gasteiger partial charge in [0, 0.05) is 44.5 Å². The van der Waals surface area contributed by atoms with Crippen molar-refractivity contribution in [1.29, 1.82) is 0 Å². The van der Waals surface area contributed by atoms with Gasteiger partial charge in [-0.3, -0.25) is 9.88 Å². The molecule has 10 heteroatoms. The van der Waals surface area contributed by atoms with Crippen molar-refractivity contribution in [2.24, 2.45) is 0 Å². The number of hydrogen-bond acceptors (Lipinski definition) is 6. The number of pyridine rings is 1. The third-order valence-electron chi connectivity index (χ3n) is 5.52. The smallest absolute Gasteiger partial charge is 0.353 e. The Kier molecular flexibility index (Phi) is 5.22. The van der Waals surface area contributed by atoms with Crippen molar-refractivity contribution in [1.82, 2.24) is 29.7 Å². The second-order valence-electron chi connectivity index (χ2n) is 7.66. The molecule has 0 aliphatic carbocycles. The van der Waals surface area contributed by atoms with Crippen LogP contribution in [0.3, 0.4) is 0 Å². The van der Waals surface area contributed by atoms with E-state index in [1.54, 1.807) is 12.3 Å². The zero-order valence-corrected chi connectivity index (χ0v) is 17.1. The maximum atomic E-state index is 13.1. The van der Waals surface area contributed by atoms with Crippen molar-refractivity contribution in [2.75, 3.05) is 31.1 Å². The van der Waals surface area contributed by atoms with Gasteiger partial charge >= 0.3 is 6.18 Å². The Morgan fingerprint density at radius 1 is 0.844 bits per heavy atom. The number of anilines is 1. The normalized spacial score (nSPS) is 15.4.